The molecule has 2 aliphatic heterocycles. The van der Waals surface area contributed by atoms with Crippen LogP contribution >= 0.6 is 0 Å². The summed E-state index contributed by atoms with van der Waals surface area (Å²) in [5, 5.41) is 14.6. The van der Waals surface area contributed by atoms with Crippen molar-refractivity contribution in [3.05, 3.63) is 150 Å². The van der Waals surface area contributed by atoms with Crippen molar-refractivity contribution in [2.45, 2.75) is 101 Å². The lowest BCUT2D eigenvalue weighted by Crippen LogP contribution is -2.62. The monoisotopic (exact) mass is 740 g/mol. The number of hydrogen-bond donors (Lipinski definition) is 3. The van der Waals surface area contributed by atoms with Crippen LogP contribution in [0.5, 0.6) is 0 Å². The topological polar surface area (TPSA) is 50.2 Å². The summed E-state index contributed by atoms with van der Waals surface area (Å²) in [5.41, 5.74) is 8.01. The third-order valence-corrected chi connectivity index (χ3v) is 15.0. The normalized spacial score (nSPS) is 33.2. The summed E-state index contributed by atoms with van der Waals surface area (Å²) < 4.78 is 9.69. The highest BCUT2D eigenvalue weighted by atomic mass is 16.5. The fourth-order valence-corrected chi connectivity index (χ4v) is 12.3. The van der Waals surface area contributed by atoms with Crippen molar-refractivity contribution in [2.24, 2.45) is 29.6 Å². The second kappa shape index (κ2) is 14.9. The summed E-state index contributed by atoms with van der Waals surface area (Å²) in [5.74, 6) is 4.26. The molecule has 10 atom stereocenters. The van der Waals surface area contributed by atoms with Crippen LogP contribution in [0.25, 0.3) is 27.5 Å². The van der Waals surface area contributed by atoms with Crippen LogP contribution in [0, 0.1) is 29.6 Å². The minimum atomic E-state index is 0.105. The van der Waals surface area contributed by atoms with Gasteiger partial charge in [-0.05, 0) is 128 Å². The molecule has 0 bridgehead atoms. The molecule has 5 nitrogen and oxygen atoms in total. The molecule has 0 radical (unpaired) electrons. The number of nitrogens with zero attached hydrogens (tertiary/aromatic N) is 1. The van der Waals surface area contributed by atoms with E-state index in [-0.39, 0.29) is 18.5 Å². The first-order valence-electron chi connectivity index (χ1n) is 21.9. The van der Waals surface area contributed by atoms with Gasteiger partial charge in [-0.2, -0.15) is 0 Å². The average molecular weight is 741 g/mol. The van der Waals surface area contributed by atoms with Crippen LogP contribution in [-0.4, -0.2) is 22.9 Å². The molecule has 3 aliphatic carbocycles. The smallest absolute Gasteiger partial charge is 0.0862 e. The highest BCUT2D eigenvalue weighted by Crippen LogP contribution is 2.53. The Labute approximate surface area is 332 Å². The molecule has 286 valence electrons. The van der Waals surface area contributed by atoms with E-state index in [4.69, 9.17) is 4.74 Å². The molecular formula is C51H56N4O. The second-order valence-corrected chi connectivity index (χ2v) is 17.9. The van der Waals surface area contributed by atoms with E-state index in [1.807, 2.05) is 0 Å². The van der Waals surface area contributed by atoms with Crippen LogP contribution in [0.4, 0.5) is 0 Å². The summed E-state index contributed by atoms with van der Waals surface area (Å²) in [6.07, 6.45) is 14.4. The number of hydrogen-bond acceptors (Lipinski definition) is 4. The lowest BCUT2D eigenvalue weighted by Gasteiger charge is -2.45. The SMILES string of the molecule is c1ccc(C2NC(c3ccccc3)NC(C3CCC4C(C3)OC3CC(C5CCCC(c6ccc7c8ccccc8n(-c8ccccc8)c7c6)C5)CCC34)N2)cc1. The van der Waals surface area contributed by atoms with E-state index in [1.165, 1.54) is 102 Å². The van der Waals surface area contributed by atoms with Crippen LogP contribution < -0.4 is 16.0 Å². The van der Waals surface area contributed by atoms with Crippen molar-refractivity contribution in [2.75, 3.05) is 0 Å². The van der Waals surface area contributed by atoms with Gasteiger partial charge in [-0.3, -0.25) is 16.0 Å². The minimum absolute atomic E-state index is 0.105. The zero-order chi connectivity index (χ0) is 37.0. The molecule has 2 saturated heterocycles. The van der Waals surface area contributed by atoms with E-state index in [1.54, 1.807) is 0 Å². The summed E-state index contributed by atoms with van der Waals surface area (Å²) in [4.78, 5) is 0. The van der Waals surface area contributed by atoms with Crippen LogP contribution in [0.15, 0.2) is 133 Å². The Kier molecular flexibility index (Phi) is 9.31. The molecule has 5 aromatic carbocycles. The van der Waals surface area contributed by atoms with Gasteiger partial charge in [0.05, 0.1) is 41.7 Å². The Hall–Kier alpha value is -4.26. The molecular weight excluding hydrogens is 685 g/mol. The maximum absolute atomic E-state index is 7.20. The van der Waals surface area contributed by atoms with Crippen molar-refractivity contribution in [3.63, 3.8) is 0 Å². The predicted octanol–water partition coefficient (Wildman–Crippen LogP) is 11.2. The van der Waals surface area contributed by atoms with Crippen molar-refractivity contribution in [1.82, 2.24) is 20.5 Å². The lowest BCUT2D eigenvalue weighted by molar-refractivity contribution is -0.0283. The third kappa shape index (κ3) is 6.41. The summed E-state index contributed by atoms with van der Waals surface area (Å²) in [7, 11) is 0. The minimum Gasteiger partial charge on any atom is -0.374 e. The van der Waals surface area contributed by atoms with Crippen molar-refractivity contribution < 1.29 is 4.74 Å². The largest absolute Gasteiger partial charge is 0.374 e. The zero-order valence-corrected chi connectivity index (χ0v) is 32.5. The standard InChI is InChI=1S/C51H56N4O/c1-4-13-33(14-5-1)49-52-50(34-15-6-2-7-16-34)54-51(53-49)39-25-28-44-43-27-24-38(31-47(43)56-48(44)32-39)36-18-12-17-35(29-36)37-23-26-42-41-21-10-11-22-45(41)55(46(42)30-37)40-19-8-3-9-20-40/h1-11,13-16,19-23,26,30,35-36,38-39,43-44,47-54H,12,17-18,24-25,27-29,31-32H2. The van der Waals surface area contributed by atoms with Crippen molar-refractivity contribution in [1.29, 1.82) is 0 Å². The van der Waals surface area contributed by atoms with E-state index in [9.17, 15) is 0 Å². The van der Waals surface area contributed by atoms with Gasteiger partial charge in [-0.15, -0.1) is 0 Å². The van der Waals surface area contributed by atoms with Crippen molar-refractivity contribution in [3.8, 4) is 5.69 Å². The van der Waals surface area contributed by atoms with Gasteiger partial charge >= 0.3 is 0 Å². The Bertz CT molecular complexity index is 2220. The molecule has 6 aromatic rings. The Morgan fingerprint density at radius 2 is 1.05 bits per heavy atom. The molecule has 5 aliphatic rings. The average Bonchev–Trinajstić information content (AvgIpc) is 3.81. The number of ether oxygens (including phenoxy) is 1. The van der Waals surface area contributed by atoms with E-state index in [0.29, 0.717) is 24.0 Å². The quantitative estimate of drug-likeness (QED) is 0.159. The van der Waals surface area contributed by atoms with Gasteiger partial charge in [-0.25, -0.2) is 0 Å². The highest BCUT2D eigenvalue weighted by molar-refractivity contribution is 6.09. The maximum Gasteiger partial charge on any atom is 0.0862 e. The van der Waals surface area contributed by atoms with Gasteiger partial charge in [0.2, 0.25) is 0 Å². The summed E-state index contributed by atoms with van der Waals surface area (Å²) in [6.45, 7) is 0. The van der Waals surface area contributed by atoms with Crippen LogP contribution in [-0.2, 0) is 4.74 Å². The van der Waals surface area contributed by atoms with Crippen LogP contribution in [0.1, 0.15) is 99.1 Å². The second-order valence-electron chi connectivity index (χ2n) is 17.9. The number of rotatable bonds is 6. The molecule has 11 rings (SSSR count). The Morgan fingerprint density at radius 3 is 1.77 bits per heavy atom. The molecule has 0 amide bonds. The van der Waals surface area contributed by atoms with E-state index in [0.717, 1.165) is 30.1 Å². The predicted molar refractivity (Wildman–Crippen MR) is 227 cm³/mol. The van der Waals surface area contributed by atoms with Gasteiger partial charge < -0.3 is 9.30 Å². The van der Waals surface area contributed by atoms with E-state index < -0.39 is 0 Å². The maximum atomic E-state index is 7.20. The highest BCUT2D eigenvalue weighted by Gasteiger charge is 2.51. The molecule has 1 aromatic heterocycles. The van der Waals surface area contributed by atoms with Crippen molar-refractivity contribution >= 4 is 21.8 Å². The van der Waals surface area contributed by atoms with E-state index >= 15 is 0 Å². The van der Waals surface area contributed by atoms with Gasteiger partial charge in [0.25, 0.3) is 0 Å². The molecule has 3 heterocycles. The number of nitrogens with one attached hydrogen (secondary N) is 3. The van der Waals surface area contributed by atoms with Gasteiger partial charge in [0.1, 0.15) is 0 Å². The number of para-hydroxylation sites is 2. The van der Waals surface area contributed by atoms with Crippen LogP contribution in [0.2, 0.25) is 0 Å². The molecule has 5 fully saturated rings. The van der Waals surface area contributed by atoms with E-state index in [2.05, 4.69) is 154 Å². The summed E-state index contributed by atoms with van der Waals surface area (Å²) in [6, 6.07) is 49.1. The van der Waals surface area contributed by atoms with Gasteiger partial charge in [0.15, 0.2) is 0 Å². The Balaban J connectivity index is 0.778. The fourth-order valence-electron chi connectivity index (χ4n) is 12.3. The molecule has 10 unspecified atom stereocenters. The molecule has 5 heteroatoms. The van der Waals surface area contributed by atoms with Crippen LogP contribution in [0.3, 0.4) is 0 Å². The third-order valence-electron chi connectivity index (χ3n) is 15.0. The molecule has 3 saturated carbocycles. The zero-order valence-electron chi connectivity index (χ0n) is 32.5. The summed E-state index contributed by atoms with van der Waals surface area (Å²) >= 11 is 0. The Morgan fingerprint density at radius 1 is 0.464 bits per heavy atom. The van der Waals surface area contributed by atoms with Gasteiger partial charge in [-0.1, -0.05) is 122 Å². The van der Waals surface area contributed by atoms with Gasteiger partial charge in [0, 0.05) is 16.5 Å². The molecule has 0 spiro atoms. The first-order chi connectivity index (χ1) is 27.7. The molecule has 56 heavy (non-hydrogen) atoms. The fraction of sp³-hybridized carbons (Fsp3) is 0.412. The number of benzene rings is 5. The lowest BCUT2D eigenvalue weighted by atomic mass is 9.64. The number of fused-ring (bicyclic) bond motifs is 6. The molecule has 3 N–H and O–H groups in total. The first-order valence-corrected chi connectivity index (χ1v) is 21.9. The number of aromatic nitrogens is 1. The first kappa shape index (κ1) is 34.9.